The van der Waals surface area contributed by atoms with Crippen molar-refractivity contribution < 1.29 is 8.83 Å². The molecule has 5 heteroatoms. The van der Waals surface area contributed by atoms with E-state index in [9.17, 15) is 0 Å². The third-order valence-corrected chi connectivity index (χ3v) is 10.3. The first-order valence-electron chi connectivity index (χ1n) is 17.5. The van der Waals surface area contributed by atoms with E-state index in [4.69, 9.17) is 18.8 Å². The largest absolute Gasteiger partial charge is 0.456 e. The Morgan fingerprint density at radius 3 is 1.94 bits per heavy atom. The van der Waals surface area contributed by atoms with Crippen molar-refractivity contribution in [2.45, 2.75) is 6.17 Å². The Labute approximate surface area is 298 Å². The van der Waals surface area contributed by atoms with E-state index in [0.717, 1.165) is 94.1 Å². The molecule has 0 radical (unpaired) electrons. The Bertz CT molecular complexity index is 3110. The van der Waals surface area contributed by atoms with E-state index in [1.54, 1.807) is 0 Å². The van der Waals surface area contributed by atoms with Crippen molar-refractivity contribution >= 4 is 77.1 Å². The molecule has 244 valence electrons. The fourth-order valence-electron chi connectivity index (χ4n) is 7.96. The zero-order chi connectivity index (χ0) is 34.2. The van der Waals surface area contributed by atoms with Crippen LogP contribution in [0.3, 0.4) is 0 Å². The number of para-hydroxylation sites is 1. The van der Waals surface area contributed by atoms with Gasteiger partial charge >= 0.3 is 0 Å². The molecule has 1 atom stereocenters. The van der Waals surface area contributed by atoms with Crippen LogP contribution in [0.5, 0.6) is 0 Å². The second kappa shape index (κ2) is 11.3. The standard InChI is InChI=1S/C47H29N3O2/c1-2-12-28(13-3-1)45-48-46(50-47(49-45)38-26-29-14-4-5-15-31(29)33-16-6-7-17-34(33)38)37-20-11-23-41-44(37)43-32(19-10-22-40(43)52-41)30-24-25-36-35-18-8-9-21-39(35)51-42(36)27-30/h1-27,46H,(H,48,49,50). The molecular formula is C47H29N3O2. The summed E-state index contributed by atoms with van der Waals surface area (Å²) in [5.41, 5.74) is 8.48. The zero-order valence-corrected chi connectivity index (χ0v) is 27.9. The molecule has 0 amide bonds. The minimum Gasteiger partial charge on any atom is -0.456 e. The molecule has 1 aliphatic rings. The second-order valence-electron chi connectivity index (χ2n) is 13.3. The van der Waals surface area contributed by atoms with Crippen LogP contribution in [0.15, 0.2) is 183 Å². The molecule has 11 rings (SSSR count). The number of furan rings is 2. The fraction of sp³-hybridized carbons (Fsp3) is 0.0213. The summed E-state index contributed by atoms with van der Waals surface area (Å²) in [5.74, 6) is 1.55. The van der Waals surface area contributed by atoms with E-state index in [2.05, 4.69) is 115 Å². The number of amidine groups is 2. The molecule has 0 aliphatic carbocycles. The van der Waals surface area contributed by atoms with Crippen LogP contribution in [-0.4, -0.2) is 11.7 Å². The average molecular weight is 668 g/mol. The second-order valence-corrected chi connectivity index (χ2v) is 13.3. The van der Waals surface area contributed by atoms with Crippen molar-refractivity contribution in [3.63, 3.8) is 0 Å². The van der Waals surface area contributed by atoms with E-state index in [0.29, 0.717) is 0 Å². The van der Waals surface area contributed by atoms with Gasteiger partial charge in [-0.1, -0.05) is 127 Å². The third kappa shape index (κ3) is 4.42. The summed E-state index contributed by atoms with van der Waals surface area (Å²) < 4.78 is 12.9. The topological polar surface area (TPSA) is 63.0 Å². The molecular weight excluding hydrogens is 639 g/mol. The maximum Gasteiger partial charge on any atom is 0.170 e. The van der Waals surface area contributed by atoms with Crippen molar-refractivity contribution in [1.82, 2.24) is 5.32 Å². The van der Waals surface area contributed by atoms with Gasteiger partial charge in [-0.05, 0) is 69.1 Å². The number of hydrogen-bond acceptors (Lipinski definition) is 5. The highest BCUT2D eigenvalue weighted by atomic mass is 16.3. The molecule has 10 aromatic rings. The highest BCUT2D eigenvalue weighted by molar-refractivity contribution is 6.24. The van der Waals surface area contributed by atoms with Gasteiger partial charge in [0.15, 0.2) is 6.17 Å². The van der Waals surface area contributed by atoms with Gasteiger partial charge in [0.1, 0.15) is 34.0 Å². The van der Waals surface area contributed by atoms with Gasteiger partial charge in [0.2, 0.25) is 0 Å². The molecule has 1 N–H and O–H groups in total. The monoisotopic (exact) mass is 667 g/mol. The lowest BCUT2D eigenvalue weighted by Gasteiger charge is -2.24. The fourth-order valence-corrected chi connectivity index (χ4v) is 7.96. The van der Waals surface area contributed by atoms with Crippen LogP contribution in [-0.2, 0) is 0 Å². The number of nitrogens with one attached hydrogen (secondary N) is 1. The lowest BCUT2D eigenvalue weighted by molar-refractivity contribution is 0.667. The number of nitrogens with zero attached hydrogens (tertiary/aromatic N) is 2. The van der Waals surface area contributed by atoms with E-state index in [-0.39, 0.29) is 0 Å². The van der Waals surface area contributed by atoms with Gasteiger partial charge in [-0.25, -0.2) is 9.98 Å². The molecule has 52 heavy (non-hydrogen) atoms. The SMILES string of the molecule is c1ccc(C2=NC(c3cccc4oc5cccc(-c6ccc7c(c6)oc6ccccc67)c5c34)N=C(c3cc4ccccc4c4ccccc34)N2)cc1. The molecule has 2 aromatic heterocycles. The minimum absolute atomic E-state index is 0.535. The Balaban J connectivity index is 1.15. The maximum atomic E-state index is 6.57. The molecule has 5 nitrogen and oxygen atoms in total. The molecule has 1 aliphatic heterocycles. The molecule has 0 saturated heterocycles. The van der Waals surface area contributed by atoms with Gasteiger partial charge in [-0.2, -0.15) is 0 Å². The lowest BCUT2D eigenvalue weighted by atomic mass is 9.95. The summed E-state index contributed by atoms with van der Waals surface area (Å²) in [4.78, 5) is 10.7. The smallest absolute Gasteiger partial charge is 0.170 e. The molecule has 0 bridgehead atoms. The van der Waals surface area contributed by atoms with Crippen LogP contribution in [0.1, 0.15) is 22.9 Å². The summed E-state index contributed by atoms with van der Waals surface area (Å²) in [5, 5.41) is 12.6. The van der Waals surface area contributed by atoms with Gasteiger partial charge in [0, 0.05) is 38.2 Å². The van der Waals surface area contributed by atoms with Crippen molar-refractivity contribution in [2.24, 2.45) is 9.98 Å². The first-order valence-corrected chi connectivity index (χ1v) is 17.5. The number of rotatable bonds is 4. The van der Waals surface area contributed by atoms with Crippen molar-refractivity contribution in [1.29, 1.82) is 0 Å². The molecule has 3 heterocycles. The molecule has 0 spiro atoms. The van der Waals surface area contributed by atoms with Crippen LogP contribution in [0.25, 0.3) is 76.5 Å². The Kier molecular flexibility index (Phi) is 6.25. The van der Waals surface area contributed by atoms with E-state index < -0.39 is 6.17 Å². The first kappa shape index (κ1) is 28.8. The number of fused-ring (bicyclic) bond motifs is 9. The summed E-state index contributed by atoms with van der Waals surface area (Å²) in [7, 11) is 0. The quantitative estimate of drug-likeness (QED) is 0.190. The van der Waals surface area contributed by atoms with Crippen LogP contribution < -0.4 is 5.32 Å². The highest BCUT2D eigenvalue weighted by Crippen LogP contribution is 2.43. The Morgan fingerprint density at radius 2 is 1.06 bits per heavy atom. The number of benzene rings is 8. The molecule has 0 fully saturated rings. The van der Waals surface area contributed by atoms with Crippen LogP contribution in [0.2, 0.25) is 0 Å². The third-order valence-electron chi connectivity index (χ3n) is 10.3. The van der Waals surface area contributed by atoms with Gasteiger partial charge in [-0.3, -0.25) is 0 Å². The van der Waals surface area contributed by atoms with Crippen LogP contribution in [0.4, 0.5) is 0 Å². The lowest BCUT2D eigenvalue weighted by Crippen LogP contribution is -2.36. The molecule has 0 saturated carbocycles. The number of hydrogen-bond donors (Lipinski definition) is 1. The predicted molar refractivity (Wildman–Crippen MR) is 213 cm³/mol. The predicted octanol–water partition coefficient (Wildman–Crippen LogP) is 12.0. The van der Waals surface area contributed by atoms with Crippen molar-refractivity contribution in [3.05, 3.63) is 180 Å². The first-order chi connectivity index (χ1) is 25.8. The van der Waals surface area contributed by atoms with Gasteiger partial charge < -0.3 is 14.2 Å². The van der Waals surface area contributed by atoms with Crippen LogP contribution in [0, 0.1) is 0 Å². The summed E-state index contributed by atoms with van der Waals surface area (Å²) in [6, 6.07) is 56.8. The zero-order valence-electron chi connectivity index (χ0n) is 27.9. The van der Waals surface area contributed by atoms with Gasteiger partial charge in [-0.15, -0.1) is 0 Å². The maximum absolute atomic E-state index is 6.57. The van der Waals surface area contributed by atoms with E-state index in [1.165, 1.54) is 10.8 Å². The average Bonchev–Trinajstić information content (AvgIpc) is 3.79. The van der Waals surface area contributed by atoms with Crippen LogP contribution >= 0.6 is 0 Å². The van der Waals surface area contributed by atoms with E-state index >= 15 is 0 Å². The normalized spacial score (nSPS) is 14.7. The molecule has 1 unspecified atom stereocenters. The van der Waals surface area contributed by atoms with Crippen molar-refractivity contribution in [3.8, 4) is 11.1 Å². The summed E-state index contributed by atoms with van der Waals surface area (Å²) in [6.07, 6.45) is -0.535. The van der Waals surface area contributed by atoms with Crippen molar-refractivity contribution in [2.75, 3.05) is 0 Å². The van der Waals surface area contributed by atoms with Gasteiger partial charge in [0.05, 0.1) is 0 Å². The minimum atomic E-state index is -0.535. The highest BCUT2D eigenvalue weighted by Gasteiger charge is 2.26. The van der Waals surface area contributed by atoms with Gasteiger partial charge in [0.25, 0.3) is 0 Å². The summed E-state index contributed by atoms with van der Waals surface area (Å²) in [6.45, 7) is 0. The number of aliphatic imine (C=N–C) groups is 2. The summed E-state index contributed by atoms with van der Waals surface area (Å²) >= 11 is 0. The molecule has 8 aromatic carbocycles. The Hall–Kier alpha value is -6.98. The van der Waals surface area contributed by atoms with E-state index in [1.807, 2.05) is 54.6 Å². The Morgan fingerprint density at radius 1 is 0.404 bits per heavy atom.